The number of rotatable bonds is 5. The Kier molecular flexibility index (Phi) is 5.34. The first-order chi connectivity index (χ1) is 11.0. The highest BCUT2D eigenvalue weighted by atomic mass is 35.5. The summed E-state index contributed by atoms with van der Waals surface area (Å²) >= 11 is 6.05. The second kappa shape index (κ2) is 7.24. The Morgan fingerprint density at radius 2 is 1.52 bits per heavy atom. The van der Waals surface area contributed by atoms with Gasteiger partial charge in [0, 0.05) is 0 Å². The molecule has 2 aromatic rings. The molecule has 0 saturated carbocycles. The Labute approximate surface area is 139 Å². The Bertz CT molecular complexity index is 702. The minimum absolute atomic E-state index is 0.261. The van der Waals surface area contributed by atoms with E-state index in [9.17, 15) is 4.79 Å². The zero-order valence-electron chi connectivity index (χ0n) is 13.3. The molecule has 0 aliphatic rings. The lowest BCUT2D eigenvalue weighted by atomic mass is 10.2. The van der Waals surface area contributed by atoms with Crippen LogP contribution < -0.4 is 18.9 Å². The first-order valence-corrected chi connectivity index (χ1v) is 7.16. The normalized spacial score (nSPS) is 10.1. The highest BCUT2D eigenvalue weighted by Gasteiger charge is 2.19. The summed E-state index contributed by atoms with van der Waals surface area (Å²) in [5, 5.41) is 0.358. The van der Waals surface area contributed by atoms with Gasteiger partial charge in [-0.05, 0) is 36.8 Å². The Morgan fingerprint density at radius 3 is 2.04 bits per heavy atom. The highest BCUT2D eigenvalue weighted by Crippen LogP contribution is 2.38. The Balaban J connectivity index is 2.37. The molecule has 0 aromatic heterocycles. The van der Waals surface area contributed by atoms with E-state index in [0.29, 0.717) is 28.0 Å². The first kappa shape index (κ1) is 17.0. The van der Waals surface area contributed by atoms with Crippen molar-refractivity contribution in [2.24, 2.45) is 0 Å². The van der Waals surface area contributed by atoms with Gasteiger partial charge in [-0.15, -0.1) is 0 Å². The number of halogens is 1. The molecule has 23 heavy (non-hydrogen) atoms. The SMILES string of the molecule is COc1cc(C(=O)Oc2cc(C)ccc2Cl)cc(OC)c1OC. The smallest absolute Gasteiger partial charge is 0.343 e. The average molecular weight is 337 g/mol. The van der Waals surface area contributed by atoms with Crippen molar-refractivity contribution in [1.82, 2.24) is 0 Å². The lowest BCUT2D eigenvalue weighted by molar-refractivity contribution is 0.0734. The number of carbonyl (C=O) groups is 1. The molecular weight excluding hydrogens is 320 g/mol. The molecule has 0 aliphatic heterocycles. The van der Waals surface area contributed by atoms with Crippen molar-refractivity contribution < 1.29 is 23.7 Å². The lowest BCUT2D eigenvalue weighted by Crippen LogP contribution is -2.10. The van der Waals surface area contributed by atoms with Crippen molar-refractivity contribution in [3.8, 4) is 23.0 Å². The quantitative estimate of drug-likeness (QED) is 0.612. The van der Waals surface area contributed by atoms with Crippen LogP contribution in [0.5, 0.6) is 23.0 Å². The van der Waals surface area contributed by atoms with E-state index in [4.69, 9.17) is 30.5 Å². The number of benzene rings is 2. The largest absolute Gasteiger partial charge is 0.493 e. The molecule has 0 spiro atoms. The number of aryl methyl sites for hydroxylation is 1. The summed E-state index contributed by atoms with van der Waals surface area (Å²) in [4.78, 5) is 12.4. The van der Waals surface area contributed by atoms with E-state index in [2.05, 4.69) is 0 Å². The minimum Gasteiger partial charge on any atom is -0.493 e. The van der Waals surface area contributed by atoms with Gasteiger partial charge in [-0.25, -0.2) is 4.79 Å². The van der Waals surface area contributed by atoms with E-state index in [-0.39, 0.29) is 5.56 Å². The topological polar surface area (TPSA) is 54.0 Å². The molecule has 0 atom stereocenters. The molecule has 0 fully saturated rings. The molecule has 0 heterocycles. The standard InChI is InChI=1S/C17H17ClO5/c1-10-5-6-12(18)13(7-10)23-17(19)11-8-14(20-2)16(22-4)15(9-11)21-3/h5-9H,1-4H3. The van der Waals surface area contributed by atoms with Crippen molar-refractivity contribution in [3.63, 3.8) is 0 Å². The fraction of sp³-hybridized carbons (Fsp3) is 0.235. The molecule has 6 heteroatoms. The van der Waals surface area contributed by atoms with Crippen molar-refractivity contribution in [3.05, 3.63) is 46.5 Å². The maximum Gasteiger partial charge on any atom is 0.343 e. The minimum atomic E-state index is -0.572. The number of esters is 1. The fourth-order valence-electron chi connectivity index (χ4n) is 2.05. The number of hydrogen-bond acceptors (Lipinski definition) is 5. The van der Waals surface area contributed by atoms with Crippen LogP contribution in [0.25, 0.3) is 0 Å². The molecule has 0 amide bonds. The molecule has 0 saturated heterocycles. The summed E-state index contributed by atoms with van der Waals surface area (Å²) in [5.41, 5.74) is 1.19. The first-order valence-electron chi connectivity index (χ1n) is 6.78. The summed E-state index contributed by atoms with van der Waals surface area (Å²) in [5.74, 6) is 0.866. The Hall–Kier alpha value is -2.40. The number of carbonyl (C=O) groups excluding carboxylic acids is 1. The van der Waals surface area contributed by atoms with Crippen LogP contribution in [0.3, 0.4) is 0 Å². The van der Waals surface area contributed by atoms with Crippen molar-refractivity contribution in [2.45, 2.75) is 6.92 Å². The van der Waals surface area contributed by atoms with E-state index in [1.165, 1.54) is 33.5 Å². The van der Waals surface area contributed by atoms with E-state index in [1.807, 2.05) is 13.0 Å². The molecule has 5 nitrogen and oxygen atoms in total. The van der Waals surface area contributed by atoms with Crippen molar-refractivity contribution in [2.75, 3.05) is 21.3 Å². The van der Waals surface area contributed by atoms with Gasteiger partial charge < -0.3 is 18.9 Å². The second-order valence-electron chi connectivity index (χ2n) is 4.74. The maximum absolute atomic E-state index is 12.4. The van der Waals surface area contributed by atoms with Crippen LogP contribution in [0.2, 0.25) is 5.02 Å². The van der Waals surface area contributed by atoms with Gasteiger partial charge in [-0.1, -0.05) is 17.7 Å². The number of hydrogen-bond donors (Lipinski definition) is 0. The average Bonchev–Trinajstić information content (AvgIpc) is 2.56. The summed E-state index contributed by atoms with van der Waals surface area (Å²) in [6.45, 7) is 1.88. The van der Waals surface area contributed by atoms with Crippen LogP contribution in [0, 0.1) is 6.92 Å². The molecule has 2 aromatic carbocycles. The molecule has 0 N–H and O–H groups in total. The van der Waals surface area contributed by atoms with Crippen LogP contribution in [-0.2, 0) is 0 Å². The van der Waals surface area contributed by atoms with Gasteiger partial charge in [0.05, 0.1) is 31.9 Å². The monoisotopic (exact) mass is 336 g/mol. The predicted molar refractivity (Wildman–Crippen MR) is 87.2 cm³/mol. The van der Waals surface area contributed by atoms with E-state index < -0.39 is 5.97 Å². The molecule has 2 rings (SSSR count). The summed E-state index contributed by atoms with van der Waals surface area (Å²) in [6, 6.07) is 8.24. The lowest BCUT2D eigenvalue weighted by Gasteiger charge is -2.14. The van der Waals surface area contributed by atoms with Crippen molar-refractivity contribution in [1.29, 1.82) is 0 Å². The molecular formula is C17H17ClO5. The van der Waals surface area contributed by atoms with Crippen LogP contribution in [0.15, 0.2) is 30.3 Å². The number of methoxy groups -OCH3 is 3. The summed E-state index contributed by atoms with van der Waals surface area (Å²) in [6.07, 6.45) is 0. The zero-order chi connectivity index (χ0) is 17.0. The zero-order valence-corrected chi connectivity index (χ0v) is 14.1. The van der Waals surface area contributed by atoms with E-state index in [1.54, 1.807) is 12.1 Å². The molecule has 0 radical (unpaired) electrons. The van der Waals surface area contributed by atoms with Crippen molar-refractivity contribution >= 4 is 17.6 Å². The third kappa shape index (κ3) is 3.68. The van der Waals surface area contributed by atoms with Gasteiger partial charge in [-0.2, -0.15) is 0 Å². The fourth-order valence-corrected chi connectivity index (χ4v) is 2.20. The molecule has 0 bridgehead atoms. The highest BCUT2D eigenvalue weighted by molar-refractivity contribution is 6.32. The van der Waals surface area contributed by atoms with Gasteiger partial charge in [0.25, 0.3) is 0 Å². The third-order valence-electron chi connectivity index (χ3n) is 3.19. The predicted octanol–water partition coefficient (Wildman–Crippen LogP) is 3.89. The molecule has 0 unspecified atom stereocenters. The van der Waals surface area contributed by atoms with Crippen LogP contribution >= 0.6 is 11.6 Å². The molecule has 0 aliphatic carbocycles. The van der Waals surface area contributed by atoms with Gasteiger partial charge in [0.1, 0.15) is 5.75 Å². The van der Waals surface area contributed by atoms with Crippen LogP contribution in [-0.4, -0.2) is 27.3 Å². The van der Waals surface area contributed by atoms with Gasteiger partial charge in [0.2, 0.25) is 5.75 Å². The van der Waals surface area contributed by atoms with Gasteiger partial charge in [-0.3, -0.25) is 0 Å². The van der Waals surface area contributed by atoms with Gasteiger partial charge >= 0.3 is 5.97 Å². The third-order valence-corrected chi connectivity index (χ3v) is 3.50. The van der Waals surface area contributed by atoms with Crippen LogP contribution in [0.1, 0.15) is 15.9 Å². The summed E-state index contributed by atoms with van der Waals surface area (Å²) in [7, 11) is 4.44. The van der Waals surface area contributed by atoms with Gasteiger partial charge in [0.15, 0.2) is 11.5 Å². The van der Waals surface area contributed by atoms with E-state index >= 15 is 0 Å². The maximum atomic E-state index is 12.4. The Morgan fingerprint density at radius 1 is 0.913 bits per heavy atom. The van der Waals surface area contributed by atoms with E-state index in [0.717, 1.165) is 5.56 Å². The number of ether oxygens (including phenoxy) is 4. The second-order valence-corrected chi connectivity index (χ2v) is 5.14. The van der Waals surface area contributed by atoms with Crippen LogP contribution in [0.4, 0.5) is 0 Å². The molecule has 122 valence electrons. The summed E-state index contributed by atoms with van der Waals surface area (Å²) < 4.78 is 21.0.